The molecule has 0 saturated carbocycles. The van der Waals surface area contributed by atoms with Gasteiger partial charge in [-0.2, -0.15) is 0 Å². The third-order valence-corrected chi connectivity index (χ3v) is 3.79. The summed E-state index contributed by atoms with van der Waals surface area (Å²) in [5.41, 5.74) is 5.80. The van der Waals surface area contributed by atoms with E-state index in [2.05, 4.69) is 38.1 Å². The first-order chi connectivity index (χ1) is 7.66. The zero-order valence-electron chi connectivity index (χ0n) is 10.1. The van der Waals surface area contributed by atoms with Crippen LogP contribution < -0.4 is 0 Å². The molecule has 1 aromatic carbocycles. The van der Waals surface area contributed by atoms with Crippen molar-refractivity contribution in [2.45, 2.75) is 44.9 Å². The molecule has 1 aromatic rings. The van der Waals surface area contributed by atoms with Gasteiger partial charge in [-0.3, -0.25) is 0 Å². The van der Waals surface area contributed by atoms with E-state index in [4.69, 9.17) is 11.6 Å². The van der Waals surface area contributed by atoms with Crippen molar-refractivity contribution in [1.29, 1.82) is 0 Å². The number of benzene rings is 1. The van der Waals surface area contributed by atoms with Crippen molar-refractivity contribution < 1.29 is 0 Å². The minimum Gasteiger partial charge on any atom is -0.118 e. The molecule has 0 heterocycles. The third kappa shape index (κ3) is 2.68. The van der Waals surface area contributed by atoms with Gasteiger partial charge < -0.3 is 0 Å². The highest BCUT2D eigenvalue weighted by Crippen LogP contribution is 2.26. The summed E-state index contributed by atoms with van der Waals surface area (Å²) in [5, 5.41) is 0.257. The van der Waals surface area contributed by atoms with Gasteiger partial charge in [0.2, 0.25) is 0 Å². The Labute approximate surface area is 103 Å². The first-order valence-electron chi connectivity index (χ1n) is 6.05. The Balaban J connectivity index is 2.20. The average Bonchev–Trinajstić information content (AvgIpc) is 2.24. The van der Waals surface area contributed by atoms with E-state index in [0.29, 0.717) is 0 Å². The smallest absolute Gasteiger partial charge is 0.0518 e. The van der Waals surface area contributed by atoms with Crippen LogP contribution in [-0.2, 0) is 6.42 Å². The molecule has 0 spiro atoms. The molecular weight excluding hydrogens is 216 g/mol. The van der Waals surface area contributed by atoms with Gasteiger partial charge in [0.1, 0.15) is 0 Å². The summed E-state index contributed by atoms with van der Waals surface area (Å²) in [4.78, 5) is 0. The van der Waals surface area contributed by atoms with Gasteiger partial charge in [-0.1, -0.05) is 29.8 Å². The number of hydrogen-bond donors (Lipinski definition) is 0. The van der Waals surface area contributed by atoms with Crippen molar-refractivity contribution in [3.8, 4) is 0 Å². The zero-order valence-corrected chi connectivity index (χ0v) is 10.8. The topological polar surface area (TPSA) is 0 Å². The van der Waals surface area contributed by atoms with E-state index < -0.39 is 0 Å². The molecule has 0 bridgehead atoms. The van der Waals surface area contributed by atoms with Crippen LogP contribution in [0.2, 0.25) is 0 Å². The molecule has 0 N–H and O–H groups in total. The van der Waals surface area contributed by atoms with Crippen molar-refractivity contribution in [2.24, 2.45) is 0 Å². The standard InChI is InChI=1S/C15H19Cl/c1-11-5-3-6-12(2)15(11)10-13-7-4-8-14(16)9-13/h3,5-6,9,14H,4,7-8,10H2,1-2H3. The highest BCUT2D eigenvalue weighted by molar-refractivity contribution is 6.21. The largest absolute Gasteiger partial charge is 0.118 e. The molecule has 0 fully saturated rings. The van der Waals surface area contributed by atoms with Crippen LogP contribution in [0.4, 0.5) is 0 Å². The Bertz CT molecular complexity index is 384. The Hall–Kier alpha value is -0.750. The maximum absolute atomic E-state index is 6.18. The summed E-state index contributed by atoms with van der Waals surface area (Å²) in [6.45, 7) is 4.40. The van der Waals surface area contributed by atoms with Crippen LogP contribution in [-0.4, -0.2) is 5.38 Å². The molecule has 16 heavy (non-hydrogen) atoms. The van der Waals surface area contributed by atoms with Crippen LogP contribution in [0.15, 0.2) is 29.8 Å². The molecule has 2 rings (SSSR count). The van der Waals surface area contributed by atoms with Crippen LogP contribution in [0.5, 0.6) is 0 Å². The molecular formula is C15H19Cl. The summed E-state index contributed by atoms with van der Waals surface area (Å²) in [7, 11) is 0. The molecule has 0 amide bonds. The summed E-state index contributed by atoms with van der Waals surface area (Å²) < 4.78 is 0. The van der Waals surface area contributed by atoms with Crippen LogP contribution >= 0.6 is 11.6 Å². The molecule has 0 saturated heterocycles. The molecule has 0 nitrogen and oxygen atoms in total. The minimum atomic E-state index is 0.257. The fourth-order valence-corrected chi connectivity index (χ4v) is 2.78. The van der Waals surface area contributed by atoms with Gasteiger partial charge in [-0.25, -0.2) is 0 Å². The molecule has 86 valence electrons. The van der Waals surface area contributed by atoms with Gasteiger partial charge in [0.15, 0.2) is 0 Å². The second-order valence-electron chi connectivity index (χ2n) is 4.78. The lowest BCUT2D eigenvalue weighted by atomic mass is 9.90. The number of aryl methyl sites for hydroxylation is 2. The number of allylic oxidation sites excluding steroid dienone is 2. The molecule has 0 aromatic heterocycles. The first-order valence-corrected chi connectivity index (χ1v) is 6.49. The number of alkyl halides is 1. The summed E-state index contributed by atoms with van der Waals surface area (Å²) >= 11 is 6.18. The predicted molar refractivity (Wildman–Crippen MR) is 71.2 cm³/mol. The van der Waals surface area contributed by atoms with Crippen molar-refractivity contribution in [3.63, 3.8) is 0 Å². The highest BCUT2D eigenvalue weighted by atomic mass is 35.5. The van der Waals surface area contributed by atoms with E-state index in [9.17, 15) is 0 Å². The minimum absolute atomic E-state index is 0.257. The van der Waals surface area contributed by atoms with Crippen molar-refractivity contribution >= 4 is 11.6 Å². The van der Waals surface area contributed by atoms with Gasteiger partial charge >= 0.3 is 0 Å². The van der Waals surface area contributed by atoms with Gasteiger partial charge in [-0.05, 0) is 56.2 Å². The van der Waals surface area contributed by atoms with E-state index in [-0.39, 0.29) is 5.38 Å². The normalized spacial score (nSPS) is 20.7. The van der Waals surface area contributed by atoms with E-state index in [1.54, 1.807) is 0 Å². The Morgan fingerprint density at radius 2 is 1.94 bits per heavy atom. The van der Waals surface area contributed by atoms with E-state index in [1.807, 2.05) is 0 Å². The second-order valence-corrected chi connectivity index (χ2v) is 5.34. The van der Waals surface area contributed by atoms with Gasteiger partial charge in [-0.15, -0.1) is 11.6 Å². The lowest BCUT2D eigenvalue weighted by molar-refractivity contribution is 0.692. The Morgan fingerprint density at radius 1 is 1.25 bits per heavy atom. The average molecular weight is 235 g/mol. The molecule has 1 heteroatoms. The van der Waals surface area contributed by atoms with Crippen LogP contribution in [0, 0.1) is 13.8 Å². The predicted octanol–water partition coefficient (Wildman–Crippen LogP) is 4.56. The summed E-state index contributed by atoms with van der Waals surface area (Å²) in [5.74, 6) is 0. The van der Waals surface area contributed by atoms with Crippen molar-refractivity contribution in [1.82, 2.24) is 0 Å². The van der Waals surface area contributed by atoms with Crippen molar-refractivity contribution in [3.05, 3.63) is 46.5 Å². The monoisotopic (exact) mass is 234 g/mol. The number of halogens is 1. The maximum Gasteiger partial charge on any atom is 0.0518 e. The van der Waals surface area contributed by atoms with Crippen molar-refractivity contribution in [2.75, 3.05) is 0 Å². The molecule has 1 aliphatic rings. The second kappa shape index (κ2) is 5.05. The highest BCUT2D eigenvalue weighted by Gasteiger charge is 2.12. The Kier molecular flexibility index (Phi) is 3.70. The molecule has 1 atom stereocenters. The third-order valence-electron chi connectivity index (χ3n) is 3.44. The van der Waals surface area contributed by atoms with E-state index >= 15 is 0 Å². The lowest BCUT2D eigenvalue weighted by Gasteiger charge is -2.18. The van der Waals surface area contributed by atoms with Crippen LogP contribution in [0.1, 0.15) is 36.0 Å². The molecule has 1 unspecified atom stereocenters. The lowest BCUT2D eigenvalue weighted by Crippen LogP contribution is -2.06. The van der Waals surface area contributed by atoms with E-state index in [1.165, 1.54) is 35.1 Å². The number of rotatable bonds is 2. The van der Waals surface area contributed by atoms with Gasteiger partial charge in [0.25, 0.3) is 0 Å². The van der Waals surface area contributed by atoms with Crippen LogP contribution in [0.3, 0.4) is 0 Å². The first kappa shape index (κ1) is 11.7. The SMILES string of the molecule is Cc1cccc(C)c1CC1=CC(Cl)CCC1. The molecule has 1 aliphatic carbocycles. The molecule has 0 radical (unpaired) electrons. The van der Waals surface area contributed by atoms with Gasteiger partial charge in [0, 0.05) is 0 Å². The summed E-state index contributed by atoms with van der Waals surface area (Å²) in [6, 6.07) is 6.53. The van der Waals surface area contributed by atoms with E-state index in [0.717, 1.165) is 12.8 Å². The summed E-state index contributed by atoms with van der Waals surface area (Å²) in [6.07, 6.45) is 6.94. The fourth-order valence-electron chi connectivity index (χ4n) is 2.45. The zero-order chi connectivity index (χ0) is 11.5. The quantitative estimate of drug-likeness (QED) is 0.520. The van der Waals surface area contributed by atoms with Crippen LogP contribution in [0.25, 0.3) is 0 Å². The fraction of sp³-hybridized carbons (Fsp3) is 0.467. The Morgan fingerprint density at radius 3 is 2.56 bits per heavy atom. The van der Waals surface area contributed by atoms with Gasteiger partial charge in [0.05, 0.1) is 5.38 Å². The molecule has 0 aliphatic heterocycles. The maximum atomic E-state index is 6.18. The number of hydrogen-bond acceptors (Lipinski definition) is 0.